The van der Waals surface area contributed by atoms with Crippen molar-refractivity contribution in [3.63, 3.8) is 0 Å². The standard InChI is InChI=1S/C11H14N4O/c1-7(2)10-11(12)15(14-13-10)8-5-3-4-6-9(8)16/h3-7,16H,12H2,1-2H3. The molecule has 2 rings (SSSR count). The van der Waals surface area contributed by atoms with Crippen molar-refractivity contribution in [1.29, 1.82) is 0 Å². The van der Waals surface area contributed by atoms with Gasteiger partial charge in [-0.2, -0.15) is 4.68 Å². The van der Waals surface area contributed by atoms with Crippen LogP contribution in [-0.2, 0) is 0 Å². The van der Waals surface area contributed by atoms with E-state index in [1.54, 1.807) is 18.2 Å². The quantitative estimate of drug-likeness (QED) is 0.804. The summed E-state index contributed by atoms with van der Waals surface area (Å²) in [5.41, 5.74) is 7.21. The van der Waals surface area contributed by atoms with Crippen LogP contribution in [0.1, 0.15) is 25.5 Å². The highest BCUT2D eigenvalue weighted by molar-refractivity contribution is 5.51. The molecule has 0 aliphatic rings. The molecule has 0 saturated carbocycles. The number of anilines is 1. The van der Waals surface area contributed by atoms with Gasteiger partial charge in [-0.25, -0.2) is 0 Å². The molecule has 0 aliphatic heterocycles. The molecule has 0 unspecified atom stereocenters. The van der Waals surface area contributed by atoms with Crippen LogP contribution >= 0.6 is 0 Å². The van der Waals surface area contributed by atoms with Gasteiger partial charge in [-0.1, -0.05) is 31.2 Å². The lowest BCUT2D eigenvalue weighted by Gasteiger charge is -2.06. The lowest BCUT2D eigenvalue weighted by atomic mass is 10.1. The van der Waals surface area contributed by atoms with Gasteiger partial charge in [0.1, 0.15) is 17.1 Å². The zero-order valence-corrected chi connectivity index (χ0v) is 9.25. The van der Waals surface area contributed by atoms with E-state index < -0.39 is 0 Å². The number of nitrogens with two attached hydrogens (primary N) is 1. The van der Waals surface area contributed by atoms with Crippen LogP contribution in [0, 0.1) is 0 Å². The van der Waals surface area contributed by atoms with Crippen LogP contribution in [0.5, 0.6) is 5.75 Å². The van der Waals surface area contributed by atoms with Crippen LogP contribution in [0.3, 0.4) is 0 Å². The van der Waals surface area contributed by atoms with E-state index in [1.165, 1.54) is 4.68 Å². The summed E-state index contributed by atoms with van der Waals surface area (Å²) in [6.07, 6.45) is 0. The SMILES string of the molecule is CC(C)c1nnn(-c2ccccc2O)c1N. The molecule has 84 valence electrons. The van der Waals surface area contributed by atoms with Crippen LogP contribution in [0.2, 0.25) is 0 Å². The first-order valence-corrected chi connectivity index (χ1v) is 5.10. The van der Waals surface area contributed by atoms with Crippen LogP contribution in [0.4, 0.5) is 5.82 Å². The maximum absolute atomic E-state index is 9.69. The number of benzene rings is 1. The van der Waals surface area contributed by atoms with Crippen molar-refractivity contribution >= 4 is 5.82 Å². The van der Waals surface area contributed by atoms with E-state index >= 15 is 0 Å². The number of phenolic OH excluding ortho intramolecular Hbond substituents is 1. The molecule has 0 aliphatic carbocycles. The summed E-state index contributed by atoms with van der Waals surface area (Å²) >= 11 is 0. The predicted molar refractivity (Wildman–Crippen MR) is 61.5 cm³/mol. The Kier molecular flexibility index (Phi) is 2.52. The fourth-order valence-electron chi connectivity index (χ4n) is 1.53. The van der Waals surface area contributed by atoms with Gasteiger partial charge in [-0.05, 0) is 12.1 Å². The van der Waals surface area contributed by atoms with Crippen molar-refractivity contribution in [2.24, 2.45) is 0 Å². The Hall–Kier alpha value is -2.04. The topological polar surface area (TPSA) is 77.0 Å². The molecule has 0 spiro atoms. The summed E-state index contributed by atoms with van der Waals surface area (Å²) in [6.45, 7) is 3.99. The van der Waals surface area contributed by atoms with Crippen molar-refractivity contribution < 1.29 is 5.11 Å². The summed E-state index contributed by atoms with van der Waals surface area (Å²) in [7, 11) is 0. The summed E-state index contributed by atoms with van der Waals surface area (Å²) in [4.78, 5) is 0. The molecule has 0 fully saturated rings. The predicted octanol–water partition coefficient (Wildman–Crippen LogP) is 1.68. The fourth-order valence-corrected chi connectivity index (χ4v) is 1.53. The average Bonchev–Trinajstić information content (AvgIpc) is 2.61. The normalized spacial score (nSPS) is 10.9. The molecule has 3 N–H and O–H groups in total. The van der Waals surface area contributed by atoms with Gasteiger partial charge >= 0.3 is 0 Å². The molecule has 0 radical (unpaired) electrons. The van der Waals surface area contributed by atoms with Crippen LogP contribution in [0.15, 0.2) is 24.3 Å². The zero-order valence-electron chi connectivity index (χ0n) is 9.25. The number of nitrogens with zero attached hydrogens (tertiary/aromatic N) is 3. The van der Waals surface area contributed by atoms with Gasteiger partial charge in [-0.15, -0.1) is 5.10 Å². The second-order valence-corrected chi connectivity index (χ2v) is 3.92. The number of hydrogen-bond donors (Lipinski definition) is 2. The molecule has 0 atom stereocenters. The summed E-state index contributed by atoms with van der Waals surface area (Å²) in [5.74, 6) is 0.811. The first-order chi connectivity index (χ1) is 7.61. The molecule has 0 bridgehead atoms. The third-order valence-electron chi connectivity index (χ3n) is 2.39. The maximum atomic E-state index is 9.69. The minimum atomic E-state index is 0.134. The highest BCUT2D eigenvalue weighted by Crippen LogP contribution is 2.26. The number of aromatic hydroxyl groups is 1. The van der Waals surface area contributed by atoms with Gasteiger partial charge in [0, 0.05) is 5.92 Å². The number of hydrogen-bond acceptors (Lipinski definition) is 4. The first-order valence-electron chi connectivity index (χ1n) is 5.10. The molecule has 0 saturated heterocycles. The molecule has 1 aromatic carbocycles. The van der Waals surface area contributed by atoms with Crippen LogP contribution in [-0.4, -0.2) is 20.1 Å². The molecule has 2 aromatic rings. The number of nitrogen functional groups attached to an aromatic ring is 1. The fraction of sp³-hybridized carbons (Fsp3) is 0.273. The molecule has 16 heavy (non-hydrogen) atoms. The molecule has 0 amide bonds. The Balaban J connectivity index is 2.54. The average molecular weight is 218 g/mol. The Labute approximate surface area is 93.5 Å². The van der Waals surface area contributed by atoms with E-state index in [-0.39, 0.29) is 11.7 Å². The third-order valence-corrected chi connectivity index (χ3v) is 2.39. The molecule has 1 heterocycles. The minimum Gasteiger partial charge on any atom is -0.506 e. The van der Waals surface area contributed by atoms with E-state index in [2.05, 4.69) is 10.3 Å². The van der Waals surface area contributed by atoms with E-state index in [4.69, 9.17) is 5.73 Å². The summed E-state index contributed by atoms with van der Waals surface area (Å²) < 4.78 is 1.45. The molecule has 5 heteroatoms. The van der Waals surface area contributed by atoms with E-state index in [9.17, 15) is 5.11 Å². The Bertz CT molecular complexity index is 504. The maximum Gasteiger partial charge on any atom is 0.151 e. The smallest absolute Gasteiger partial charge is 0.151 e. The summed E-state index contributed by atoms with van der Waals surface area (Å²) in [5, 5.41) is 17.7. The van der Waals surface area contributed by atoms with Gasteiger partial charge in [-0.3, -0.25) is 0 Å². The zero-order chi connectivity index (χ0) is 11.7. The molecular formula is C11H14N4O. The first kappa shape index (κ1) is 10.5. The highest BCUT2D eigenvalue weighted by Gasteiger charge is 2.15. The van der Waals surface area contributed by atoms with Crippen molar-refractivity contribution in [1.82, 2.24) is 15.0 Å². The number of para-hydroxylation sites is 2. The largest absolute Gasteiger partial charge is 0.506 e. The molecular weight excluding hydrogens is 204 g/mol. The van der Waals surface area contributed by atoms with Crippen LogP contribution in [0.25, 0.3) is 5.69 Å². The van der Waals surface area contributed by atoms with E-state index in [1.807, 2.05) is 19.9 Å². The molecule has 1 aromatic heterocycles. The van der Waals surface area contributed by atoms with Crippen molar-refractivity contribution in [2.75, 3.05) is 5.73 Å². The van der Waals surface area contributed by atoms with Gasteiger partial charge in [0.05, 0.1) is 0 Å². The highest BCUT2D eigenvalue weighted by atomic mass is 16.3. The third kappa shape index (κ3) is 1.60. The van der Waals surface area contributed by atoms with E-state index in [0.717, 1.165) is 5.69 Å². The van der Waals surface area contributed by atoms with Gasteiger partial charge in [0.25, 0.3) is 0 Å². The minimum absolute atomic E-state index is 0.134. The van der Waals surface area contributed by atoms with Gasteiger partial charge in [0.15, 0.2) is 5.82 Å². The number of aromatic nitrogens is 3. The van der Waals surface area contributed by atoms with Crippen molar-refractivity contribution in [3.05, 3.63) is 30.0 Å². The second-order valence-electron chi connectivity index (χ2n) is 3.92. The summed E-state index contributed by atoms with van der Waals surface area (Å²) in [6, 6.07) is 6.89. The van der Waals surface area contributed by atoms with Gasteiger partial charge in [0.2, 0.25) is 0 Å². The van der Waals surface area contributed by atoms with E-state index in [0.29, 0.717) is 11.5 Å². The van der Waals surface area contributed by atoms with Crippen molar-refractivity contribution in [3.8, 4) is 11.4 Å². The Morgan fingerprint density at radius 2 is 2.00 bits per heavy atom. The monoisotopic (exact) mass is 218 g/mol. The van der Waals surface area contributed by atoms with Gasteiger partial charge < -0.3 is 10.8 Å². The lowest BCUT2D eigenvalue weighted by Crippen LogP contribution is -2.03. The second kappa shape index (κ2) is 3.84. The van der Waals surface area contributed by atoms with Crippen LogP contribution < -0.4 is 5.73 Å². The Morgan fingerprint density at radius 3 is 2.56 bits per heavy atom. The number of rotatable bonds is 2. The number of phenols is 1. The Morgan fingerprint density at radius 1 is 1.31 bits per heavy atom. The molecule has 5 nitrogen and oxygen atoms in total. The van der Waals surface area contributed by atoms with Crippen molar-refractivity contribution in [2.45, 2.75) is 19.8 Å². The lowest BCUT2D eigenvalue weighted by molar-refractivity contribution is 0.470.